The van der Waals surface area contributed by atoms with Gasteiger partial charge in [0.15, 0.2) is 0 Å². The maximum Gasteiger partial charge on any atom is 0.222 e. The zero-order chi connectivity index (χ0) is 16.3. The number of hydrogen-bond donors (Lipinski definition) is 0. The highest BCUT2D eigenvalue weighted by molar-refractivity contribution is 5.76. The van der Waals surface area contributed by atoms with Gasteiger partial charge in [0, 0.05) is 38.3 Å². The Kier molecular flexibility index (Phi) is 7.99. The van der Waals surface area contributed by atoms with Crippen LogP contribution in [0.25, 0.3) is 0 Å². The third kappa shape index (κ3) is 6.25. The third-order valence-electron chi connectivity index (χ3n) is 4.75. The van der Waals surface area contributed by atoms with Crippen molar-refractivity contribution in [3.63, 3.8) is 0 Å². The predicted octanol–water partition coefficient (Wildman–Crippen LogP) is 4.48. The molecule has 3 heteroatoms. The van der Waals surface area contributed by atoms with Gasteiger partial charge in [-0.2, -0.15) is 0 Å². The Morgan fingerprint density at radius 1 is 0.870 bits per heavy atom. The largest absolute Gasteiger partial charge is 0.368 e. The van der Waals surface area contributed by atoms with Crippen molar-refractivity contribution in [3.8, 4) is 0 Å². The van der Waals surface area contributed by atoms with Crippen molar-refractivity contribution in [2.45, 2.75) is 58.3 Å². The quantitative estimate of drug-likeness (QED) is 0.627. The van der Waals surface area contributed by atoms with Crippen molar-refractivity contribution in [2.75, 3.05) is 31.1 Å². The summed E-state index contributed by atoms with van der Waals surface area (Å²) in [6, 6.07) is 10.5. The Morgan fingerprint density at radius 3 is 2.13 bits per heavy atom. The molecule has 1 aliphatic heterocycles. The average molecular weight is 316 g/mol. The van der Waals surface area contributed by atoms with Crippen LogP contribution in [-0.4, -0.2) is 37.0 Å². The van der Waals surface area contributed by atoms with Gasteiger partial charge in [0.05, 0.1) is 0 Å². The molecule has 1 heterocycles. The van der Waals surface area contributed by atoms with Crippen LogP contribution in [0.1, 0.15) is 58.3 Å². The molecule has 1 amide bonds. The van der Waals surface area contributed by atoms with Crippen LogP contribution in [0, 0.1) is 0 Å². The van der Waals surface area contributed by atoms with Crippen molar-refractivity contribution >= 4 is 11.6 Å². The second-order valence-electron chi connectivity index (χ2n) is 6.57. The van der Waals surface area contributed by atoms with Crippen LogP contribution in [0.15, 0.2) is 30.3 Å². The summed E-state index contributed by atoms with van der Waals surface area (Å²) >= 11 is 0. The molecule has 0 bridgehead atoms. The summed E-state index contributed by atoms with van der Waals surface area (Å²) < 4.78 is 0. The number of para-hydroxylation sites is 1. The van der Waals surface area contributed by atoms with Crippen molar-refractivity contribution in [2.24, 2.45) is 0 Å². The molecule has 3 nitrogen and oxygen atoms in total. The lowest BCUT2D eigenvalue weighted by Crippen LogP contribution is -2.48. The molecule has 1 aromatic rings. The van der Waals surface area contributed by atoms with E-state index in [2.05, 4.69) is 41.0 Å². The van der Waals surface area contributed by atoms with Gasteiger partial charge in [-0.3, -0.25) is 4.79 Å². The van der Waals surface area contributed by atoms with Crippen molar-refractivity contribution in [3.05, 3.63) is 30.3 Å². The molecule has 128 valence electrons. The predicted molar refractivity (Wildman–Crippen MR) is 97.8 cm³/mol. The Hall–Kier alpha value is -1.51. The Balaban J connectivity index is 1.58. The molecule has 0 radical (unpaired) electrons. The fourth-order valence-corrected chi connectivity index (χ4v) is 3.24. The third-order valence-corrected chi connectivity index (χ3v) is 4.75. The van der Waals surface area contributed by atoms with Crippen molar-refractivity contribution in [1.29, 1.82) is 0 Å². The smallest absolute Gasteiger partial charge is 0.222 e. The molecule has 0 aliphatic carbocycles. The van der Waals surface area contributed by atoms with E-state index < -0.39 is 0 Å². The van der Waals surface area contributed by atoms with E-state index >= 15 is 0 Å². The molecule has 0 atom stereocenters. The highest BCUT2D eigenvalue weighted by atomic mass is 16.2. The van der Waals surface area contributed by atoms with Crippen molar-refractivity contribution < 1.29 is 4.79 Å². The molecular weight excluding hydrogens is 284 g/mol. The molecule has 0 unspecified atom stereocenters. The van der Waals surface area contributed by atoms with Gasteiger partial charge >= 0.3 is 0 Å². The van der Waals surface area contributed by atoms with E-state index in [1.165, 1.54) is 44.2 Å². The lowest BCUT2D eigenvalue weighted by atomic mass is 10.1. The second-order valence-corrected chi connectivity index (χ2v) is 6.57. The van der Waals surface area contributed by atoms with E-state index in [1.807, 2.05) is 6.07 Å². The van der Waals surface area contributed by atoms with E-state index in [4.69, 9.17) is 0 Å². The van der Waals surface area contributed by atoms with Gasteiger partial charge in [0.25, 0.3) is 0 Å². The number of unbranched alkanes of at least 4 members (excludes halogenated alkanes) is 6. The minimum Gasteiger partial charge on any atom is -0.368 e. The first-order chi connectivity index (χ1) is 11.3. The fourth-order valence-electron chi connectivity index (χ4n) is 3.24. The molecule has 1 saturated heterocycles. The highest BCUT2D eigenvalue weighted by Gasteiger charge is 2.20. The maximum absolute atomic E-state index is 12.3. The van der Waals surface area contributed by atoms with Gasteiger partial charge in [-0.05, 0) is 18.6 Å². The van der Waals surface area contributed by atoms with E-state index in [0.717, 1.165) is 39.0 Å². The summed E-state index contributed by atoms with van der Waals surface area (Å²) in [6.07, 6.45) is 9.62. The zero-order valence-corrected chi connectivity index (χ0v) is 14.7. The van der Waals surface area contributed by atoms with E-state index in [9.17, 15) is 4.79 Å². The summed E-state index contributed by atoms with van der Waals surface area (Å²) in [7, 11) is 0. The number of benzene rings is 1. The summed E-state index contributed by atoms with van der Waals surface area (Å²) in [5.41, 5.74) is 1.27. The number of carbonyl (C=O) groups excluding carboxylic acids is 1. The molecule has 0 saturated carbocycles. The lowest BCUT2D eigenvalue weighted by molar-refractivity contribution is -0.131. The van der Waals surface area contributed by atoms with Gasteiger partial charge in [0.1, 0.15) is 0 Å². The van der Waals surface area contributed by atoms with Crippen LogP contribution in [0.4, 0.5) is 5.69 Å². The number of anilines is 1. The molecule has 1 fully saturated rings. The number of amides is 1. The Labute approximate surface area is 141 Å². The number of piperazine rings is 1. The van der Waals surface area contributed by atoms with Crippen LogP contribution >= 0.6 is 0 Å². The summed E-state index contributed by atoms with van der Waals surface area (Å²) in [5.74, 6) is 0.353. The molecule has 0 aromatic heterocycles. The van der Waals surface area contributed by atoms with Gasteiger partial charge in [-0.25, -0.2) is 0 Å². The summed E-state index contributed by atoms with van der Waals surface area (Å²) in [5, 5.41) is 0. The van der Waals surface area contributed by atoms with Gasteiger partial charge < -0.3 is 9.80 Å². The van der Waals surface area contributed by atoms with Crippen LogP contribution in [-0.2, 0) is 4.79 Å². The van der Waals surface area contributed by atoms with Crippen molar-refractivity contribution in [1.82, 2.24) is 4.90 Å². The summed E-state index contributed by atoms with van der Waals surface area (Å²) in [6.45, 7) is 5.88. The van der Waals surface area contributed by atoms with Crippen LogP contribution < -0.4 is 4.90 Å². The van der Waals surface area contributed by atoms with Crippen LogP contribution in [0.2, 0.25) is 0 Å². The van der Waals surface area contributed by atoms with E-state index in [1.54, 1.807) is 0 Å². The normalized spacial score (nSPS) is 15.0. The van der Waals surface area contributed by atoms with Gasteiger partial charge in [0.2, 0.25) is 5.91 Å². The van der Waals surface area contributed by atoms with E-state index in [-0.39, 0.29) is 0 Å². The van der Waals surface area contributed by atoms with Crippen LogP contribution in [0.3, 0.4) is 0 Å². The SMILES string of the molecule is CCCCCCCCCC(=O)N1CCN(c2ccccc2)CC1. The van der Waals surface area contributed by atoms with Gasteiger partial charge in [-0.15, -0.1) is 0 Å². The second kappa shape index (κ2) is 10.3. The first kappa shape index (κ1) is 17.8. The van der Waals surface area contributed by atoms with Gasteiger partial charge in [-0.1, -0.05) is 63.6 Å². The van der Waals surface area contributed by atoms with Crippen LogP contribution in [0.5, 0.6) is 0 Å². The Morgan fingerprint density at radius 2 is 1.48 bits per heavy atom. The fraction of sp³-hybridized carbons (Fsp3) is 0.650. The standard InChI is InChI=1S/C20H32N2O/c1-2-3-4-5-6-7-11-14-20(23)22-17-15-21(16-18-22)19-12-9-8-10-13-19/h8-10,12-13H,2-7,11,14-18H2,1H3. The number of carbonyl (C=O) groups is 1. The molecule has 0 spiro atoms. The number of rotatable bonds is 9. The Bertz CT molecular complexity index is 438. The van der Waals surface area contributed by atoms with E-state index in [0.29, 0.717) is 5.91 Å². The molecule has 23 heavy (non-hydrogen) atoms. The molecule has 1 aliphatic rings. The lowest BCUT2D eigenvalue weighted by Gasteiger charge is -2.36. The molecule has 2 rings (SSSR count). The monoisotopic (exact) mass is 316 g/mol. The zero-order valence-electron chi connectivity index (χ0n) is 14.7. The highest BCUT2D eigenvalue weighted by Crippen LogP contribution is 2.16. The number of nitrogens with zero attached hydrogens (tertiary/aromatic N) is 2. The minimum atomic E-state index is 0.353. The average Bonchev–Trinajstić information content (AvgIpc) is 2.61. The molecular formula is C20H32N2O. The summed E-state index contributed by atoms with van der Waals surface area (Å²) in [4.78, 5) is 16.7. The maximum atomic E-state index is 12.3. The first-order valence-corrected chi connectivity index (χ1v) is 9.39. The first-order valence-electron chi connectivity index (χ1n) is 9.39. The topological polar surface area (TPSA) is 23.6 Å². The molecule has 1 aromatic carbocycles. The minimum absolute atomic E-state index is 0.353. The number of hydrogen-bond acceptors (Lipinski definition) is 2. The molecule has 0 N–H and O–H groups in total.